The molecule has 0 radical (unpaired) electrons. The molecular weight excluding hydrogens is 136 g/mol. The van der Waals surface area contributed by atoms with Crippen molar-refractivity contribution in [3.8, 4) is 0 Å². The molecule has 0 unspecified atom stereocenters. The van der Waals surface area contributed by atoms with Gasteiger partial charge in [0.1, 0.15) is 0 Å². The van der Waals surface area contributed by atoms with Crippen molar-refractivity contribution in [2.45, 2.75) is 6.42 Å². The van der Waals surface area contributed by atoms with E-state index in [1.54, 1.807) is 0 Å². The summed E-state index contributed by atoms with van der Waals surface area (Å²) >= 11 is 0. The quantitative estimate of drug-likeness (QED) is 0.479. The van der Waals surface area contributed by atoms with Gasteiger partial charge in [-0.1, -0.05) is 39.8 Å². The molecular formula is C6H8S2. The lowest BCUT2D eigenvalue weighted by Gasteiger charge is -1.93. The van der Waals surface area contributed by atoms with E-state index < -0.39 is 0 Å². The summed E-state index contributed by atoms with van der Waals surface area (Å²) in [5.74, 6) is 1.24. The van der Waals surface area contributed by atoms with Crippen LogP contribution in [0.15, 0.2) is 23.6 Å². The van der Waals surface area contributed by atoms with Gasteiger partial charge in [-0.05, 0) is 11.8 Å². The second-order valence-corrected chi connectivity index (χ2v) is 3.86. The highest BCUT2D eigenvalue weighted by Gasteiger charge is 1.84. The van der Waals surface area contributed by atoms with Crippen molar-refractivity contribution < 1.29 is 0 Å². The molecule has 0 N–H and O–H groups in total. The summed E-state index contributed by atoms with van der Waals surface area (Å²) in [4.78, 5) is 0. The first kappa shape index (κ1) is 6.30. The van der Waals surface area contributed by atoms with E-state index in [0.717, 1.165) is 0 Å². The first-order valence-electron chi connectivity index (χ1n) is 2.60. The van der Waals surface area contributed by atoms with Crippen LogP contribution in [0.3, 0.4) is 0 Å². The molecule has 1 rings (SSSR count). The van der Waals surface area contributed by atoms with Crippen molar-refractivity contribution in [1.82, 2.24) is 0 Å². The third kappa shape index (κ3) is 2.48. The molecule has 0 saturated carbocycles. The van der Waals surface area contributed by atoms with E-state index in [9.17, 15) is 0 Å². The molecule has 44 valence electrons. The predicted octanol–water partition coefficient (Wildman–Crippen LogP) is 2.84. The molecule has 1 aliphatic rings. The van der Waals surface area contributed by atoms with E-state index in [0.29, 0.717) is 0 Å². The van der Waals surface area contributed by atoms with Gasteiger partial charge in [0, 0.05) is 5.75 Å². The van der Waals surface area contributed by atoms with E-state index in [1.807, 2.05) is 21.6 Å². The monoisotopic (exact) mass is 144 g/mol. The topological polar surface area (TPSA) is 0 Å². The lowest BCUT2D eigenvalue weighted by Crippen LogP contribution is -1.70. The molecule has 8 heavy (non-hydrogen) atoms. The first-order valence-corrected chi connectivity index (χ1v) is 4.98. The van der Waals surface area contributed by atoms with Gasteiger partial charge in [-0.2, -0.15) is 0 Å². The Bertz CT molecular complexity index is 91.1. The average molecular weight is 144 g/mol. The second-order valence-electron chi connectivity index (χ2n) is 1.46. The highest BCUT2D eigenvalue weighted by atomic mass is 33.1. The van der Waals surface area contributed by atoms with Gasteiger partial charge < -0.3 is 0 Å². The van der Waals surface area contributed by atoms with Gasteiger partial charge in [0.25, 0.3) is 0 Å². The molecule has 0 aromatic heterocycles. The molecule has 2 heteroatoms. The fourth-order valence-corrected chi connectivity index (χ4v) is 2.02. The van der Waals surface area contributed by atoms with Crippen LogP contribution in [0.2, 0.25) is 0 Å². The number of hydrogen-bond donors (Lipinski definition) is 0. The van der Waals surface area contributed by atoms with E-state index in [4.69, 9.17) is 0 Å². The Morgan fingerprint density at radius 3 is 3.25 bits per heavy atom. The molecule has 0 aromatic carbocycles. The van der Waals surface area contributed by atoms with Crippen molar-refractivity contribution in [2.24, 2.45) is 0 Å². The van der Waals surface area contributed by atoms with Crippen molar-refractivity contribution in [3.63, 3.8) is 0 Å². The number of rotatable bonds is 0. The Hall–Kier alpha value is 0.180. The minimum Gasteiger partial charge on any atom is -0.0892 e. The Labute approximate surface area is 57.8 Å². The number of hydrogen-bond acceptors (Lipinski definition) is 2. The molecule has 0 saturated heterocycles. The minimum absolute atomic E-state index is 1.21. The maximum Gasteiger partial charge on any atom is 0.00748 e. The highest BCUT2D eigenvalue weighted by Crippen LogP contribution is 2.24. The molecule has 0 fully saturated rings. The van der Waals surface area contributed by atoms with E-state index in [1.165, 1.54) is 12.2 Å². The molecule has 0 aromatic rings. The van der Waals surface area contributed by atoms with Gasteiger partial charge in [-0.3, -0.25) is 0 Å². The van der Waals surface area contributed by atoms with Gasteiger partial charge in [-0.15, -0.1) is 0 Å². The zero-order valence-electron chi connectivity index (χ0n) is 4.54. The zero-order valence-corrected chi connectivity index (χ0v) is 6.17. The van der Waals surface area contributed by atoms with Crippen LogP contribution in [0, 0.1) is 0 Å². The molecule has 0 bridgehead atoms. The van der Waals surface area contributed by atoms with Gasteiger partial charge in [0.05, 0.1) is 0 Å². The van der Waals surface area contributed by atoms with Gasteiger partial charge in [-0.25, -0.2) is 0 Å². The summed E-state index contributed by atoms with van der Waals surface area (Å²) in [7, 11) is 3.72. The van der Waals surface area contributed by atoms with Crippen molar-refractivity contribution in [1.29, 1.82) is 0 Å². The Kier molecular flexibility index (Phi) is 3.23. The second kappa shape index (κ2) is 4.10. The van der Waals surface area contributed by atoms with Crippen molar-refractivity contribution >= 4 is 21.6 Å². The van der Waals surface area contributed by atoms with Crippen LogP contribution in [0.1, 0.15) is 6.42 Å². The molecule has 0 amide bonds. The Balaban J connectivity index is 2.33. The molecule has 0 nitrogen and oxygen atoms in total. The van der Waals surface area contributed by atoms with E-state index >= 15 is 0 Å². The van der Waals surface area contributed by atoms with Gasteiger partial charge in [0.15, 0.2) is 0 Å². The summed E-state index contributed by atoms with van der Waals surface area (Å²) in [6, 6.07) is 0. The normalized spacial score (nSPS) is 28.0. The van der Waals surface area contributed by atoms with Crippen LogP contribution < -0.4 is 0 Å². The summed E-state index contributed by atoms with van der Waals surface area (Å²) in [6.07, 6.45) is 7.59. The SMILES string of the molecule is C1=C\CCSS\C=C/1. The average Bonchev–Trinajstić information content (AvgIpc) is 1.62. The van der Waals surface area contributed by atoms with Crippen molar-refractivity contribution in [2.75, 3.05) is 5.75 Å². The molecule has 1 aliphatic heterocycles. The van der Waals surface area contributed by atoms with Crippen LogP contribution in [-0.2, 0) is 0 Å². The van der Waals surface area contributed by atoms with E-state index in [2.05, 4.69) is 23.6 Å². The van der Waals surface area contributed by atoms with Crippen LogP contribution >= 0.6 is 21.6 Å². The summed E-state index contributed by atoms with van der Waals surface area (Å²) < 4.78 is 0. The maximum absolute atomic E-state index is 2.20. The Morgan fingerprint density at radius 2 is 2.25 bits per heavy atom. The minimum atomic E-state index is 1.21. The van der Waals surface area contributed by atoms with E-state index in [-0.39, 0.29) is 0 Å². The summed E-state index contributed by atoms with van der Waals surface area (Å²) in [5.41, 5.74) is 0. The van der Waals surface area contributed by atoms with Crippen molar-refractivity contribution in [3.05, 3.63) is 23.6 Å². The fourth-order valence-electron chi connectivity index (χ4n) is 0.456. The zero-order chi connectivity index (χ0) is 5.66. The maximum atomic E-state index is 2.20. The standard InChI is InChI=1S/C6H8S2/c1-2-4-6-8-7-5-3-1/h1-3,5H,4,6H2/b2-1-,5-3-. The molecule has 1 heterocycles. The summed E-state index contributed by atoms with van der Waals surface area (Å²) in [6.45, 7) is 0. The van der Waals surface area contributed by atoms with Crippen LogP contribution in [0.25, 0.3) is 0 Å². The lowest BCUT2D eigenvalue weighted by molar-refractivity contribution is 1.25. The van der Waals surface area contributed by atoms with Gasteiger partial charge in [0.2, 0.25) is 0 Å². The number of allylic oxidation sites excluding steroid dienone is 3. The molecule has 0 atom stereocenters. The fraction of sp³-hybridized carbons (Fsp3) is 0.333. The molecule has 0 spiro atoms. The largest absolute Gasteiger partial charge is 0.0892 e. The lowest BCUT2D eigenvalue weighted by atomic mass is 10.4. The predicted molar refractivity (Wildman–Crippen MR) is 42.9 cm³/mol. The van der Waals surface area contributed by atoms with Crippen LogP contribution in [0.4, 0.5) is 0 Å². The van der Waals surface area contributed by atoms with Crippen LogP contribution in [-0.4, -0.2) is 5.75 Å². The smallest absolute Gasteiger partial charge is 0.00748 e. The Morgan fingerprint density at radius 1 is 1.25 bits per heavy atom. The highest BCUT2D eigenvalue weighted by molar-refractivity contribution is 8.77. The first-order chi connectivity index (χ1) is 4.00. The summed E-state index contributed by atoms with van der Waals surface area (Å²) in [5, 5.41) is 2.11. The van der Waals surface area contributed by atoms with Gasteiger partial charge >= 0.3 is 0 Å². The third-order valence-corrected chi connectivity index (χ3v) is 2.87. The molecule has 0 aliphatic carbocycles. The third-order valence-electron chi connectivity index (χ3n) is 0.817. The van der Waals surface area contributed by atoms with Crippen LogP contribution in [0.5, 0.6) is 0 Å².